The van der Waals surface area contributed by atoms with Crippen LogP contribution < -0.4 is 14.2 Å². The lowest BCUT2D eigenvalue weighted by molar-refractivity contribution is -0.140. The van der Waals surface area contributed by atoms with Gasteiger partial charge in [0.25, 0.3) is 5.91 Å². The molecule has 0 aliphatic carbocycles. The van der Waals surface area contributed by atoms with Crippen LogP contribution in [0.2, 0.25) is 0 Å². The highest BCUT2D eigenvalue weighted by Crippen LogP contribution is 2.46. The second-order valence-corrected chi connectivity index (χ2v) is 7.68. The van der Waals surface area contributed by atoms with Crippen LogP contribution in [0.15, 0.2) is 34.8 Å². The number of likely N-dealkylation sites (N-methyl/N-ethyl adjacent to an activating group) is 1. The standard InChI is InChI=1S/C22H24BrNO6/c1-5-29-17-10-13-14(11-18(17)30-6-2)21(25)24(3)20(19(13)22(26)27)12-7-8-16(28-4)15(23)9-12/h7-11,19-20H,5-6H2,1-4H3,(H,26,27). The summed E-state index contributed by atoms with van der Waals surface area (Å²) in [5.41, 5.74) is 1.40. The van der Waals surface area contributed by atoms with Gasteiger partial charge in [0.2, 0.25) is 0 Å². The second kappa shape index (κ2) is 8.95. The van der Waals surface area contributed by atoms with E-state index in [9.17, 15) is 14.7 Å². The Labute approximate surface area is 183 Å². The second-order valence-electron chi connectivity index (χ2n) is 6.82. The molecule has 2 aromatic carbocycles. The molecule has 0 aromatic heterocycles. The molecule has 1 amide bonds. The molecule has 1 aliphatic rings. The third-order valence-corrected chi connectivity index (χ3v) is 5.74. The van der Waals surface area contributed by atoms with E-state index >= 15 is 0 Å². The van der Waals surface area contributed by atoms with Gasteiger partial charge in [-0.2, -0.15) is 0 Å². The van der Waals surface area contributed by atoms with Gasteiger partial charge in [0, 0.05) is 12.6 Å². The molecule has 0 saturated heterocycles. The number of benzene rings is 2. The molecule has 0 saturated carbocycles. The number of halogens is 1. The number of methoxy groups -OCH3 is 1. The predicted octanol–water partition coefficient (Wildman–Crippen LogP) is 4.25. The van der Waals surface area contributed by atoms with E-state index in [0.29, 0.717) is 51.6 Å². The first-order valence-corrected chi connectivity index (χ1v) is 10.4. The van der Waals surface area contributed by atoms with Crippen molar-refractivity contribution in [3.63, 3.8) is 0 Å². The van der Waals surface area contributed by atoms with Crippen LogP contribution in [-0.4, -0.2) is 49.3 Å². The molecular weight excluding hydrogens is 454 g/mol. The van der Waals surface area contributed by atoms with Crippen LogP contribution in [-0.2, 0) is 4.79 Å². The zero-order valence-corrected chi connectivity index (χ0v) is 18.9. The molecule has 160 valence electrons. The van der Waals surface area contributed by atoms with Gasteiger partial charge < -0.3 is 24.2 Å². The third kappa shape index (κ3) is 3.84. The molecule has 1 heterocycles. The van der Waals surface area contributed by atoms with E-state index in [2.05, 4.69) is 15.9 Å². The average molecular weight is 478 g/mol. The third-order valence-electron chi connectivity index (χ3n) is 5.12. The molecule has 2 atom stereocenters. The summed E-state index contributed by atoms with van der Waals surface area (Å²) < 4.78 is 17.2. The average Bonchev–Trinajstić information content (AvgIpc) is 2.71. The Morgan fingerprint density at radius 1 is 1.10 bits per heavy atom. The van der Waals surface area contributed by atoms with E-state index in [1.54, 1.807) is 44.5 Å². The zero-order valence-electron chi connectivity index (χ0n) is 17.3. The Hall–Kier alpha value is -2.74. The summed E-state index contributed by atoms with van der Waals surface area (Å²) in [5, 5.41) is 10.1. The monoisotopic (exact) mass is 477 g/mol. The highest BCUT2D eigenvalue weighted by Gasteiger charge is 2.43. The Balaban J connectivity index is 2.20. The van der Waals surface area contributed by atoms with Crippen molar-refractivity contribution in [2.45, 2.75) is 25.8 Å². The van der Waals surface area contributed by atoms with Crippen molar-refractivity contribution in [3.8, 4) is 17.2 Å². The quantitative estimate of drug-likeness (QED) is 0.641. The number of carbonyl (C=O) groups excluding carboxylic acids is 1. The SMILES string of the molecule is CCOc1cc2c(cc1OCC)C(C(=O)O)C(c1ccc(OC)c(Br)c1)N(C)C2=O. The van der Waals surface area contributed by atoms with Gasteiger partial charge in [-0.25, -0.2) is 0 Å². The summed E-state index contributed by atoms with van der Waals surface area (Å²) >= 11 is 3.44. The van der Waals surface area contributed by atoms with E-state index in [4.69, 9.17) is 14.2 Å². The molecule has 0 fully saturated rings. The number of hydrogen-bond donors (Lipinski definition) is 1. The highest BCUT2D eigenvalue weighted by atomic mass is 79.9. The summed E-state index contributed by atoms with van der Waals surface area (Å²) in [5.74, 6) is -0.803. The first-order chi connectivity index (χ1) is 14.3. The van der Waals surface area contributed by atoms with E-state index < -0.39 is 17.9 Å². The smallest absolute Gasteiger partial charge is 0.313 e. The Bertz CT molecular complexity index is 976. The Kier molecular flexibility index (Phi) is 6.55. The fraction of sp³-hybridized carbons (Fsp3) is 0.364. The Morgan fingerprint density at radius 2 is 1.73 bits per heavy atom. The number of ether oxygens (including phenoxy) is 3. The lowest BCUT2D eigenvalue weighted by Crippen LogP contribution is -2.42. The van der Waals surface area contributed by atoms with Gasteiger partial charge in [-0.15, -0.1) is 0 Å². The van der Waals surface area contributed by atoms with Crippen molar-refractivity contribution in [2.24, 2.45) is 0 Å². The van der Waals surface area contributed by atoms with Crippen molar-refractivity contribution < 1.29 is 28.9 Å². The summed E-state index contributed by atoms with van der Waals surface area (Å²) in [6.45, 7) is 4.45. The fourth-order valence-corrected chi connectivity index (χ4v) is 4.37. The predicted molar refractivity (Wildman–Crippen MR) is 115 cm³/mol. The lowest BCUT2D eigenvalue weighted by atomic mass is 9.80. The number of fused-ring (bicyclic) bond motifs is 1. The summed E-state index contributed by atoms with van der Waals surface area (Å²) in [7, 11) is 3.17. The number of hydrogen-bond acceptors (Lipinski definition) is 5. The molecule has 30 heavy (non-hydrogen) atoms. The highest BCUT2D eigenvalue weighted by molar-refractivity contribution is 9.10. The van der Waals surface area contributed by atoms with Crippen molar-refractivity contribution in [1.29, 1.82) is 0 Å². The first kappa shape index (κ1) is 22.0. The van der Waals surface area contributed by atoms with E-state index in [-0.39, 0.29) is 5.91 Å². The largest absolute Gasteiger partial charge is 0.496 e. The number of amides is 1. The van der Waals surface area contributed by atoms with Crippen LogP contribution in [0.25, 0.3) is 0 Å². The number of carboxylic acid groups (broad SMARTS) is 1. The molecule has 1 N–H and O–H groups in total. The minimum atomic E-state index is -1.03. The van der Waals surface area contributed by atoms with Gasteiger partial charge in [0.1, 0.15) is 11.7 Å². The van der Waals surface area contributed by atoms with Crippen LogP contribution in [0.3, 0.4) is 0 Å². The van der Waals surface area contributed by atoms with Crippen LogP contribution >= 0.6 is 15.9 Å². The molecule has 8 heteroatoms. The number of carboxylic acids is 1. The van der Waals surface area contributed by atoms with E-state index in [1.807, 2.05) is 13.8 Å². The molecule has 7 nitrogen and oxygen atoms in total. The van der Waals surface area contributed by atoms with Gasteiger partial charge in [-0.05, 0) is 65.2 Å². The molecule has 1 aliphatic heterocycles. The maximum absolute atomic E-state index is 13.2. The topological polar surface area (TPSA) is 85.3 Å². The normalized spacial score (nSPS) is 18.0. The van der Waals surface area contributed by atoms with Crippen LogP contribution in [0.5, 0.6) is 17.2 Å². The summed E-state index contributed by atoms with van der Waals surface area (Å²) in [6.07, 6.45) is 0. The summed E-state index contributed by atoms with van der Waals surface area (Å²) in [4.78, 5) is 27.1. The Morgan fingerprint density at radius 3 is 2.27 bits per heavy atom. The summed E-state index contributed by atoms with van der Waals surface area (Å²) in [6, 6.07) is 7.81. The van der Waals surface area contributed by atoms with Crippen LogP contribution in [0, 0.1) is 0 Å². The van der Waals surface area contributed by atoms with Crippen molar-refractivity contribution in [3.05, 3.63) is 51.5 Å². The zero-order chi connectivity index (χ0) is 22.0. The van der Waals surface area contributed by atoms with Gasteiger partial charge in [-0.3, -0.25) is 9.59 Å². The van der Waals surface area contributed by atoms with Crippen molar-refractivity contribution >= 4 is 27.8 Å². The van der Waals surface area contributed by atoms with Gasteiger partial charge >= 0.3 is 5.97 Å². The van der Waals surface area contributed by atoms with Gasteiger partial charge in [0.05, 0.1) is 30.8 Å². The van der Waals surface area contributed by atoms with Crippen LogP contribution in [0.1, 0.15) is 47.3 Å². The molecule has 2 aromatic rings. The van der Waals surface area contributed by atoms with E-state index in [1.165, 1.54) is 4.90 Å². The first-order valence-electron chi connectivity index (χ1n) is 9.60. The van der Waals surface area contributed by atoms with Gasteiger partial charge in [-0.1, -0.05) is 6.07 Å². The van der Waals surface area contributed by atoms with Crippen molar-refractivity contribution in [1.82, 2.24) is 4.90 Å². The number of aliphatic carboxylic acids is 1. The minimum Gasteiger partial charge on any atom is -0.496 e. The van der Waals surface area contributed by atoms with Crippen molar-refractivity contribution in [2.75, 3.05) is 27.4 Å². The fourth-order valence-electron chi connectivity index (χ4n) is 3.82. The lowest BCUT2D eigenvalue weighted by Gasteiger charge is -2.39. The number of carbonyl (C=O) groups is 2. The molecule has 3 rings (SSSR count). The van der Waals surface area contributed by atoms with E-state index in [0.717, 1.165) is 0 Å². The number of nitrogens with zero attached hydrogens (tertiary/aromatic N) is 1. The molecule has 2 unspecified atom stereocenters. The minimum absolute atomic E-state index is 0.275. The molecule has 0 bridgehead atoms. The maximum Gasteiger partial charge on any atom is 0.313 e. The number of rotatable bonds is 7. The van der Waals surface area contributed by atoms with Gasteiger partial charge in [0.15, 0.2) is 11.5 Å². The molecule has 0 radical (unpaired) electrons. The molecular formula is C22H24BrNO6. The van der Waals surface area contributed by atoms with Crippen LogP contribution in [0.4, 0.5) is 0 Å². The molecule has 0 spiro atoms. The maximum atomic E-state index is 13.2.